The lowest BCUT2D eigenvalue weighted by Gasteiger charge is -2.15. The fraction of sp³-hybridized carbons (Fsp3) is 0.800. The van der Waals surface area contributed by atoms with Crippen molar-refractivity contribution in [2.45, 2.75) is 50.4 Å². The van der Waals surface area contributed by atoms with Crippen LogP contribution >= 0.6 is 0 Å². The van der Waals surface area contributed by atoms with Crippen LogP contribution in [0.4, 0.5) is 0 Å². The topological polar surface area (TPSA) is 75.6 Å². The number of aliphatic carboxylic acids is 1. The maximum Gasteiger partial charge on any atom is 0.332 e. The first-order valence-corrected chi connectivity index (χ1v) is 5.20. The molecule has 2 atom stereocenters. The van der Waals surface area contributed by atoms with Gasteiger partial charge in [-0.2, -0.15) is 0 Å². The molecule has 0 aromatic rings. The first kappa shape index (κ1) is 10.4. The summed E-state index contributed by atoms with van der Waals surface area (Å²) in [6, 6.07) is 0. The molecule has 15 heavy (non-hydrogen) atoms. The number of rotatable bonds is 3. The van der Waals surface area contributed by atoms with Crippen molar-refractivity contribution in [1.29, 1.82) is 0 Å². The van der Waals surface area contributed by atoms with Crippen molar-refractivity contribution in [3.63, 3.8) is 0 Å². The molecule has 2 N–H and O–H groups in total. The van der Waals surface area contributed by atoms with E-state index in [1.54, 1.807) is 0 Å². The second kappa shape index (κ2) is 3.48. The molecule has 1 saturated carbocycles. The molecule has 2 rings (SSSR count). The molecule has 2 aliphatic rings. The maximum absolute atomic E-state index is 11.6. The monoisotopic (exact) mass is 213 g/mol. The van der Waals surface area contributed by atoms with E-state index in [2.05, 4.69) is 5.32 Å². The van der Waals surface area contributed by atoms with E-state index in [4.69, 9.17) is 9.84 Å². The zero-order chi connectivity index (χ0) is 11.1. The molecule has 2 fully saturated rings. The van der Waals surface area contributed by atoms with Gasteiger partial charge in [0.05, 0.1) is 0 Å². The van der Waals surface area contributed by atoms with Gasteiger partial charge in [0.15, 0.2) is 6.10 Å². The van der Waals surface area contributed by atoms with Crippen molar-refractivity contribution < 1.29 is 19.4 Å². The van der Waals surface area contributed by atoms with Gasteiger partial charge < -0.3 is 15.2 Å². The summed E-state index contributed by atoms with van der Waals surface area (Å²) in [5.74, 6) is -1.15. The molecule has 0 bridgehead atoms. The van der Waals surface area contributed by atoms with Gasteiger partial charge in [-0.1, -0.05) is 0 Å². The van der Waals surface area contributed by atoms with Gasteiger partial charge in [-0.3, -0.25) is 4.79 Å². The average molecular weight is 213 g/mol. The molecule has 84 valence electrons. The number of hydrogen-bond donors (Lipinski definition) is 2. The van der Waals surface area contributed by atoms with Crippen molar-refractivity contribution >= 4 is 11.9 Å². The quantitative estimate of drug-likeness (QED) is 0.706. The fourth-order valence-corrected chi connectivity index (χ4v) is 1.70. The van der Waals surface area contributed by atoms with E-state index in [1.165, 1.54) is 0 Å². The Morgan fingerprint density at radius 2 is 1.93 bits per heavy atom. The van der Waals surface area contributed by atoms with E-state index < -0.39 is 18.2 Å². The number of amides is 1. The van der Waals surface area contributed by atoms with Crippen molar-refractivity contribution in [2.75, 3.05) is 0 Å². The van der Waals surface area contributed by atoms with Gasteiger partial charge in [0, 0.05) is 5.54 Å². The zero-order valence-corrected chi connectivity index (χ0v) is 8.66. The second-order valence-corrected chi connectivity index (χ2v) is 4.58. The highest BCUT2D eigenvalue weighted by molar-refractivity contribution is 5.83. The Balaban J connectivity index is 1.85. The van der Waals surface area contributed by atoms with Gasteiger partial charge in [0.25, 0.3) is 0 Å². The van der Waals surface area contributed by atoms with Crippen molar-refractivity contribution in [2.24, 2.45) is 0 Å². The summed E-state index contributed by atoms with van der Waals surface area (Å²) in [6.45, 7) is 1.98. The molecule has 1 saturated heterocycles. The van der Waals surface area contributed by atoms with Gasteiger partial charge in [-0.25, -0.2) is 4.79 Å². The molecule has 1 aliphatic carbocycles. The van der Waals surface area contributed by atoms with Crippen LogP contribution in [0, 0.1) is 0 Å². The number of hydrogen-bond acceptors (Lipinski definition) is 3. The lowest BCUT2D eigenvalue weighted by atomic mass is 10.2. The van der Waals surface area contributed by atoms with E-state index in [0.717, 1.165) is 12.8 Å². The van der Waals surface area contributed by atoms with Gasteiger partial charge in [-0.05, 0) is 32.6 Å². The zero-order valence-electron chi connectivity index (χ0n) is 8.66. The minimum absolute atomic E-state index is 0.0677. The Labute approximate surface area is 87.8 Å². The lowest BCUT2D eigenvalue weighted by Crippen LogP contribution is -2.41. The normalized spacial score (nSPS) is 32.3. The highest BCUT2D eigenvalue weighted by Crippen LogP contribution is 2.34. The Morgan fingerprint density at radius 1 is 1.33 bits per heavy atom. The first-order chi connectivity index (χ1) is 7.00. The van der Waals surface area contributed by atoms with Crippen LogP contribution < -0.4 is 5.32 Å². The Bertz CT molecular complexity index is 298. The van der Waals surface area contributed by atoms with Gasteiger partial charge in [0.1, 0.15) is 6.10 Å². The first-order valence-electron chi connectivity index (χ1n) is 5.20. The van der Waals surface area contributed by atoms with Gasteiger partial charge in [-0.15, -0.1) is 0 Å². The Kier molecular flexibility index (Phi) is 2.42. The van der Waals surface area contributed by atoms with Crippen LogP contribution in [-0.2, 0) is 14.3 Å². The third-order valence-electron chi connectivity index (χ3n) is 3.01. The second-order valence-electron chi connectivity index (χ2n) is 4.58. The molecule has 5 heteroatoms. The molecule has 2 unspecified atom stereocenters. The predicted octanol–water partition coefficient (Wildman–Crippen LogP) is 0.287. The van der Waals surface area contributed by atoms with Crippen LogP contribution in [0.2, 0.25) is 0 Å². The molecular weight excluding hydrogens is 198 g/mol. The van der Waals surface area contributed by atoms with Gasteiger partial charge >= 0.3 is 5.97 Å². The Hall–Kier alpha value is -1.10. The van der Waals surface area contributed by atoms with E-state index >= 15 is 0 Å². The summed E-state index contributed by atoms with van der Waals surface area (Å²) in [4.78, 5) is 22.3. The minimum Gasteiger partial charge on any atom is -0.479 e. The molecule has 5 nitrogen and oxygen atoms in total. The number of carboxylic acid groups (broad SMARTS) is 1. The van der Waals surface area contributed by atoms with Gasteiger partial charge in [0.2, 0.25) is 5.91 Å². The SMILES string of the molecule is CC1(NC(=O)C2CCC(C(=O)O)O2)CC1. The van der Waals surface area contributed by atoms with Crippen LogP contribution in [-0.4, -0.2) is 34.7 Å². The third-order valence-corrected chi connectivity index (χ3v) is 3.01. The minimum atomic E-state index is -0.983. The van der Waals surface area contributed by atoms with Crippen LogP contribution in [0.1, 0.15) is 32.6 Å². The number of nitrogens with one attached hydrogen (secondary N) is 1. The molecule has 1 amide bonds. The highest BCUT2D eigenvalue weighted by Gasteiger charge is 2.42. The van der Waals surface area contributed by atoms with Crippen LogP contribution in [0.25, 0.3) is 0 Å². The summed E-state index contributed by atoms with van der Waals surface area (Å²) in [5.41, 5.74) is -0.0677. The lowest BCUT2D eigenvalue weighted by molar-refractivity contribution is -0.151. The molecule has 1 heterocycles. The number of carbonyl (C=O) groups is 2. The summed E-state index contributed by atoms with van der Waals surface area (Å²) >= 11 is 0. The van der Waals surface area contributed by atoms with Crippen LogP contribution in [0.5, 0.6) is 0 Å². The van der Waals surface area contributed by atoms with Crippen molar-refractivity contribution in [3.8, 4) is 0 Å². The van der Waals surface area contributed by atoms with Crippen molar-refractivity contribution in [3.05, 3.63) is 0 Å². The largest absolute Gasteiger partial charge is 0.479 e. The van der Waals surface area contributed by atoms with E-state index in [0.29, 0.717) is 12.8 Å². The van der Waals surface area contributed by atoms with Crippen LogP contribution in [0.3, 0.4) is 0 Å². The van der Waals surface area contributed by atoms with Crippen molar-refractivity contribution in [1.82, 2.24) is 5.32 Å². The molecule has 0 spiro atoms. The smallest absolute Gasteiger partial charge is 0.332 e. The summed E-state index contributed by atoms with van der Waals surface area (Å²) in [7, 11) is 0. The maximum atomic E-state index is 11.6. The fourth-order valence-electron chi connectivity index (χ4n) is 1.70. The molecule has 0 aromatic carbocycles. The van der Waals surface area contributed by atoms with E-state index in [-0.39, 0.29) is 11.4 Å². The summed E-state index contributed by atoms with van der Waals surface area (Å²) in [5, 5.41) is 11.6. The molecule has 0 aromatic heterocycles. The average Bonchev–Trinajstić information content (AvgIpc) is 2.70. The molecule has 0 radical (unpaired) electrons. The predicted molar refractivity (Wildman–Crippen MR) is 51.3 cm³/mol. The Morgan fingerprint density at radius 3 is 2.40 bits per heavy atom. The van der Waals surface area contributed by atoms with Crippen LogP contribution in [0.15, 0.2) is 0 Å². The third kappa shape index (κ3) is 2.28. The van der Waals surface area contributed by atoms with E-state index in [9.17, 15) is 9.59 Å². The number of ether oxygens (including phenoxy) is 1. The molecular formula is C10H15NO4. The highest BCUT2D eigenvalue weighted by atomic mass is 16.5. The standard InChI is InChI=1S/C10H15NO4/c1-10(4-5-10)11-8(12)6-2-3-7(15-6)9(13)14/h6-7H,2-5H2,1H3,(H,11,12)(H,13,14). The van der Waals surface area contributed by atoms with E-state index in [1.807, 2.05) is 6.92 Å². The summed E-state index contributed by atoms with van der Waals surface area (Å²) < 4.78 is 5.15. The molecule has 1 aliphatic heterocycles. The summed E-state index contributed by atoms with van der Waals surface area (Å²) in [6.07, 6.45) is 1.52. The number of carboxylic acids is 1. The number of carbonyl (C=O) groups excluding carboxylic acids is 1.